The van der Waals surface area contributed by atoms with Gasteiger partial charge in [0.05, 0.1) is 0 Å². The first-order valence-corrected chi connectivity index (χ1v) is 6.71. The number of hydrogen-bond acceptors (Lipinski definition) is 2. The number of carboxylic acid groups (broad SMARTS) is 1. The van der Waals surface area contributed by atoms with Crippen LogP contribution in [0.3, 0.4) is 0 Å². The number of rotatable bonds is 4. The molecule has 5 nitrogen and oxygen atoms in total. The second kappa shape index (κ2) is 5.16. The Bertz CT molecular complexity index is 345. The van der Waals surface area contributed by atoms with E-state index in [4.69, 9.17) is 5.11 Å². The molecule has 0 aromatic rings. The predicted molar refractivity (Wildman–Crippen MR) is 67.2 cm³/mol. The highest BCUT2D eigenvalue weighted by Crippen LogP contribution is 2.48. The summed E-state index contributed by atoms with van der Waals surface area (Å²) in [6.07, 6.45) is 5.21. The smallest absolute Gasteiger partial charge is 0.325 e. The molecule has 0 aromatic heterocycles. The minimum Gasteiger partial charge on any atom is -0.480 e. The van der Waals surface area contributed by atoms with Crippen LogP contribution in [-0.4, -0.2) is 41.6 Å². The highest BCUT2D eigenvalue weighted by molar-refractivity contribution is 5.82. The molecule has 4 atom stereocenters. The van der Waals surface area contributed by atoms with Gasteiger partial charge in [-0.1, -0.05) is 6.42 Å². The van der Waals surface area contributed by atoms with E-state index in [0.717, 1.165) is 18.4 Å². The van der Waals surface area contributed by atoms with Crippen LogP contribution in [0.4, 0.5) is 4.79 Å². The lowest BCUT2D eigenvalue weighted by molar-refractivity contribution is -0.138. The molecule has 2 aliphatic carbocycles. The topological polar surface area (TPSA) is 69.6 Å². The maximum absolute atomic E-state index is 11.8. The standard InChI is InChI=1S/C13H22N2O3/c1-8(12(16)17)14-13(18)15(2)7-11-6-9-3-4-10(11)5-9/h8-11H,3-7H2,1-2H3,(H,14,18)(H,16,17). The molecule has 0 saturated heterocycles. The third-order valence-electron chi connectivity index (χ3n) is 4.45. The molecule has 2 rings (SSSR count). The van der Waals surface area contributed by atoms with Crippen LogP contribution in [0.15, 0.2) is 0 Å². The number of amides is 2. The molecule has 2 aliphatic rings. The van der Waals surface area contributed by atoms with Crippen LogP contribution in [-0.2, 0) is 4.79 Å². The van der Waals surface area contributed by atoms with Crippen molar-refractivity contribution in [3.8, 4) is 0 Å². The Hall–Kier alpha value is -1.26. The van der Waals surface area contributed by atoms with Crippen molar-refractivity contribution in [2.75, 3.05) is 13.6 Å². The van der Waals surface area contributed by atoms with Gasteiger partial charge in [0.25, 0.3) is 0 Å². The Morgan fingerprint density at radius 2 is 2.11 bits per heavy atom. The van der Waals surface area contributed by atoms with Gasteiger partial charge in [0.2, 0.25) is 0 Å². The van der Waals surface area contributed by atoms with Crippen molar-refractivity contribution in [1.82, 2.24) is 10.2 Å². The first kappa shape index (κ1) is 13.2. The number of carbonyl (C=O) groups excluding carboxylic acids is 1. The minimum atomic E-state index is -1.00. The number of nitrogens with zero attached hydrogens (tertiary/aromatic N) is 1. The molecule has 0 spiro atoms. The Labute approximate surface area is 108 Å². The molecule has 4 unspecified atom stereocenters. The van der Waals surface area contributed by atoms with Gasteiger partial charge in [0.15, 0.2) is 0 Å². The van der Waals surface area contributed by atoms with Gasteiger partial charge >= 0.3 is 12.0 Å². The molecule has 18 heavy (non-hydrogen) atoms. The summed E-state index contributed by atoms with van der Waals surface area (Å²) in [5.74, 6) is 1.26. The van der Waals surface area contributed by atoms with Gasteiger partial charge in [-0.3, -0.25) is 4.79 Å². The van der Waals surface area contributed by atoms with Gasteiger partial charge in [0, 0.05) is 13.6 Å². The van der Waals surface area contributed by atoms with Gasteiger partial charge in [-0.05, 0) is 43.9 Å². The SMILES string of the molecule is CC(NC(=O)N(C)CC1CC2CCC1C2)C(=O)O. The van der Waals surface area contributed by atoms with Crippen molar-refractivity contribution < 1.29 is 14.7 Å². The maximum Gasteiger partial charge on any atom is 0.325 e. The van der Waals surface area contributed by atoms with E-state index in [9.17, 15) is 9.59 Å². The van der Waals surface area contributed by atoms with Crippen molar-refractivity contribution in [2.24, 2.45) is 17.8 Å². The number of carboxylic acids is 1. The Morgan fingerprint density at radius 1 is 1.39 bits per heavy atom. The quantitative estimate of drug-likeness (QED) is 0.799. The van der Waals surface area contributed by atoms with Gasteiger partial charge in [-0.25, -0.2) is 4.79 Å². The van der Waals surface area contributed by atoms with Gasteiger partial charge in [0.1, 0.15) is 6.04 Å². The highest BCUT2D eigenvalue weighted by Gasteiger charge is 2.40. The van der Waals surface area contributed by atoms with Crippen LogP contribution >= 0.6 is 0 Å². The first-order valence-electron chi connectivity index (χ1n) is 6.71. The van der Waals surface area contributed by atoms with Crippen LogP contribution in [0.25, 0.3) is 0 Å². The van der Waals surface area contributed by atoms with E-state index in [1.54, 1.807) is 11.9 Å². The molecule has 0 aromatic carbocycles. The largest absolute Gasteiger partial charge is 0.480 e. The van der Waals surface area contributed by atoms with Gasteiger partial charge in [-0.15, -0.1) is 0 Å². The summed E-state index contributed by atoms with van der Waals surface area (Å²) in [5.41, 5.74) is 0. The maximum atomic E-state index is 11.8. The lowest BCUT2D eigenvalue weighted by Gasteiger charge is -2.27. The van der Waals surface area contributed by atoms with Gasteiger partial charge in [-0.2, -0.15) is 0 Å². The Morgan fingerprint density at radius 3 is 2.61 bits per heavy atom. The molecular weight excluding hydrogens is 232 g/mol. The summed E-state index contributed by atoms with van der Waals surface area (Å²) >= 11 is 0. The van der Waals surface area contributed by atoms with E-state index in [0.29, 0.717) is 5.92 Å². The fourth-order valence-electron chi connectivity index (χ4n) is 3.39. The summed E-state index contributed by atoms with van der Waals surface area (Å²) in [4.78, 5) is 24.1. The van der Waals surface area contributed by atoms with E-state index in [-0.39, 0.29) is 6.03 Å². The molecule has 0 heterocycles. The van der Waals surface area contributed by atoms with Crippen LogP contribution in [0.5, 0.6) is 0 Å². The second-order valence-electron chi connectivity index (χ2n) is 5.82. The normalized spacial score (nSPS) is 31.1. The minimum absolute atomic E-state index is 0.285. The zero-order valence-corrected chi connectivity index (χ0v) is 11.1. The summed E-state index contributed by atoms with van der Waals surface area (Å²) in [6.45, 7) is 2.23. The van der Waals surface area contributed by atoms with E-state index in [1.165, 1.54) is 32.6 Å². The third kappa shape index (κ3) is 2.76. The summed E-state index contributed by atoms with van der Waals surface area (Å²) in [6, 6.07) is -1.12. The molecule has 2 saturated carbocycles. The van der Waals surface area contributed by atoms with Crippen molar-refractivity contribution in [3.05, 3.63) is 0 Å². The summed E-state index contributed by atoms with van der Waals surface area (Å²) in [7, 11) is 1.75. The van der Waals surface area contributed by atoms with Gasteiger partial charge < -0.3 is 15.3 Å². The molecule has 5 heteroatoms. The molecule has 2 bridgehead atoms. The average Bonchev–Trinajstić information content (AvgIpc) is 2.90. The lowest BCUT2D eigenvalue weighted by atomic mass is 9.88. The Balaban J connectivity index is 1.79. The molecule has 2 N–H and O–H groups in total. The average molecular weight is 254 g/mol. The lowest BCUT2D eigenvalue weighted by Crippen LogP contribution is -2.46. The second-order valence-corrected chi connectivity index (χ2v) is 5.82. The van der Waals surface area contributed by atoms with Crippen LogP contribution < -0.4 is 5.32 Å². The van der Waals surface area contributed by atoms with E-state index < -0.39 is 12.0 Å². The fourth-order valence-corrected chi connectivity index (χ4v) is 3.39. The molecule has 0 radical (unpaired) electrons. The Kier molecular flexibility index (Phi) is 3.78. The van der Waals surface area contributed by atoms with E-state index >= 15 is 0 Å². The van der Waals surface area contributed by atoms with Crippen LogP contribution in [0, 0.1) is 17.8 Å². The van der Waals surface area contributed by atoms with Crippen molar-refractivity contribution in [2.45, 2.75) is 38.6 Å². The first-order chi connectivity index (χ1) is 8.47. The molecule has 0 aliphatic heterocycles. The summed E-state index contributed by atoms with van der Waals surface area (Å²) in [5, 5.41) is 11.2. The highest BCUT2D eigenvalue weighted by atomic mass is 16.4. The van der Waals surface area contributed by atoms with Crippen LogP contribution in [0.2, 0.25) is 0 Å². The van der Waals surface area contributed by atoms with Crippen LogP contribution in [0.1, 0.15) is 32.6 Å². The zero-order chi connectivity index (χ0) is 13.3. The number of urea groups is 1. The van der Waals surface area contributed by atoms with Crippen molar-refractivity contribution in [3.63, 3.8) is 0 Å². The molecule has 2 amide bonds. The molecule has 2 fully saturated rings. The van der Waals surface area contributed by atoms with E-state index in [1.807, 2.05) is 0 Å². The van der Waals surface area contributed by atoms with E-state index in [2.05, 4.69) is 5.32 Å². The third-order valence-corrected chi connectivity index (χ3v) is 4.45. The number of hydrogen-bond donors (Lipinski definition) is 2. The monoisotopic (exact) mass is 254 g/mol. The molecule has 102 valence electrons. The summed E-state index contributed by atoms with van der Waals surface area (Å²) < 4.78 is 0. The zero-order valence-electron chi connectivity index (χ0n) is 11.1. The number of aliphatic carboxylic acids is 1. The predicted octanol–water partition coefficient (Wildman–Crippen LogP) is 1.54. The fraction of sp³-hybridized carbons (Fsp3) is 0.846. The van der Waals surface area contributed by atoms with Crippen molar-refractivity contribution >= 4 is 12.0 Å². The number of nitrogens with one attached hydrogen (secondary N) is 1. The van der Waals surface area contributed by atoms with Crippen molar-refractivity contribution in [1.29, 1.82) is 0 Å². The molecular formula is C13H22N2O3. The number of fused-ring (bicyclic) bond motifs is 2. The number of carbonyl (C=O) groups is 2.